The quantitative estimate of drug-likeness (QED) is 0.885. The summed E-state index contributed by atoms with van der Waals surface area (Å²) in [5, 5.41) is 6.70. The van der Waals surface area contributed by atoms with E-state index in [1.165, 1.54) is 9.75 Å². The zero-order valence-corrected chi connectivity index (χ0v) is 10.5. The monoisotopic (exact) mass is 238 g/mol. The SMILES string of the molecule is Cc1nc(C)c(CNCc2cccs2)s1. The van der Waals surface area contributed by atoms with Gasteiger partial charge in [-0.3, -0.25) is 0 Å². The Morgan fingerprint density at radius 1 is 1.33 bits per heavy atom. The number of hydrogen-bond donors (Lipinski definition) is 1. The van der Waals surface area contributed by atoms with Gasteiger partial charge in [-0.1, -0.05) is 6.07 Å². The molecule has 0 spiro atoms. The van der Waals surface area contributed by atoms with Gasteiger partial charge in [-0.15, -0.1) is 22.7 Å². The van der Waals surface area contributed by atoms with Gasteiger partial charge in [0.25, 0.3) is 0 Å². The van der Waals surface area contributed by atoms with Crippen molar-refractivity contribution in [1.29, 1.82) is 0 Å². The van der Waals surface area contributed by atoms with Crippen LogP contribution in [-0.2, 0) is 13.1 Å². The van der Waals surface area contributed by atoms with Crippen molar-refractivity contribution in [1.82, 2.24) is 10.3 Å². The fraction of sp³-hybridized carbons (Fsp3) is 0.364. The van der Waals surface area contributed by atoms with Crippen molar-refractivity contribution < 1.29 is 0 Å². The molecule has 0 saturated heterocycles. The first-order chi connectivity index (χ1) is 7.25. The molecule has 0 atom stereocenters. The van der Waals surface area contributed by atoms with Gasteiger partial charge >= 0.3 is 0 Å². The predicted molar refractivity (Wildman–Crippen MR) is 66.5 cm³/mol. The standard InChI is InChI=1S/C11H14N2S2/c1-8-11(15-9(2)13-8)7-12-6-10-4-3-5-14-10/h3-5,12H,6-7H2,1-2H3. The Morgan fingerprint density at radius 3 is 2.80 bits per heavy atom. The summed E-state index contributed by atoms with van der Waals surface area (Å²) < 4.78 is 0. The Kier molecular flexibility index (Phi) is 3.51. The highest BCUT2D eigenvalue weighted by molar-refractivity contribution is 7.11. The first kappa shape index (κ1) is 10.8. The maximum atomic E-state index is 4.41. The van der Waals surface area contributed by atoms with Crippen LogP contribution in [0.25, 0.3) is 0 Å². The lowest BCUT2D eigenvalue weighted by Gasteiger charge is -2.00. The number of nitrogens with one attached hydrogen (secondary N) is 1. The number of nitrogens with zero attached hydrogens (tertiary/aromatic N) is 1. The van der Waals surface area contributed by atoms with Crippen LogP contribution in [0.4, 0.5) is 0 Å². The molecule has 0 aliphatic heterocycles. The average Bonchev–Trinajstić information content (AvgIpc) is 2.77. The molecule has 0 aliphatic rings. The molecule has 0 radical (unpaired) electrons. The Labute approximate surface area is 98.0 Å². The van der Waals surface area contributed by atoms with Crippen LogP contribution in [0.15, 0.2) is 17.5 Å². The number of aryl methyl sites for hydroxylation is 2. The Bertz CT molecular complexity index is 418. The summed E-state index contributed by atoms with van der Waals surface area (Å²) >= 11 is 3.57. The van der Waals surface area contributed by atoms with E-state index in [9.17, 15) is 0 Å². The lowest BCUT2D eigenvalue weighted by atomic mass is 10.4. The minimum absolute atomic E-state index is 0.926. The van der Waals surface area contributed by atoms with Crippen LogP contribution < -0.4 is 5.32 Å². The van der Waals surface area contributed by atoms with Gasteiger partial charge < -0.3 is 5.32 Å². The van der Waals surface area contributed by atoms with Crippen LogP contribution in [-0.4, -0.2) is 4.98 Å². The molecule has 0 amide bonds. The third-order valence-electron chi connectivity index (χ3n) is 2.16. The van der Waals surface area contributed by atoms with E-state index in [0.717, 1.165) is 23.8 Å². The summed E-state index contributed by atoms with van der Waals surface area (Å²) in [6.45, 7) is 6.01. The van der Waals surface area contributed by atoms with Crippen molar-refractivity contribution in [3.63, 3.8) is 0 Å². The third kappa shape index (κ3) is 2.87. The normalized spacial score (nSPS) is 10.8. The third-order valence-corrected chi connectivity index (χ3v) is 4.11. The molecule has 0 unspecified atom stereocenters. The number of hydrogen-bond acceptors (Lipinski definition) is 4. The maximum absolute atomic E-state index is 4.41. The molecular formula is C11H14N2S2. The zero-order chi connectivity index (χ0) is 10.7. The molecule has 4 heteroatoms. The maximum Gasteiger partial charge on any atom is 0.0900 e. The van der Waals surface area contributed by atoms with Crippen LogP contribution in [0, 0.1) is 13.8 Å². The molecule has 80 valence electrons. The van der Waals surface area contributed by atoms with Gasteiger partial charge in [0.1, 0.15) is 0 Å². The molecular weight excluding hydrogens is 224 g/mol. The lowest BCUT2D eigenvalue weighted by molar-refractivity contribution is 0.705. The topological polar surface area (TPSA) is 24.9 Å². The van der Waals surface area contributed by atoms with Gasteiger partial charge in [-0.05, 0) is 25.3 Å². The van der Waals surface area contributed by atoms with Crippen LogP contribution >= 0.6 is 22.7 Å². The van der Waals surface area contributed by atoms with Gasteiger partial charge in [-0.2, -0.15) is 0 Å². The van der Waals surface area contributed by atoms with E-state index in [-0.39, 0.29) is 0 Å². The number of rotatable bonds is 4. The molecule has 1 N–H and O–H groups in total. The lowest BCUT2D eigenvalue weighted by Crippen LogP contribution is -2.11. The summed E-state index contributed by atoms with van der Waals surface area (Å²) in [5.74, 6) is 0. The van der Waals surface area contributed by atoms with E-state index in [1.807, 2.05) is 0 Å². The molecule has 2 aromatic heterocycles. The minimum atomic E-state index is 0.926. The first-order valence-electron chi connectivity index (χ1n) is 4.91. The van der Waals surface area contributed by atoms with Crippen molar-refractivity contribution >= 4 is 22.7 Å². The Balaban J connectivity index is 1.86. The second-order valence-electron chi connectivity index (χ2n) is 3.42. The average molecular weight is 238 g/mol. The van der Waals surface area contributed by atoms with Crippen LogP contribution in [0.5, 0.6) is 0 Å². The molecule has 0 fully saturated rings. The Hall–Kier alpha value is -0.710. The van der Waals surface area contributed by atoms with E-state index < -0.39 is 0 Å². The number of thiazole rings is 1. The summed E-state index contributed by atoms with van der Waals surface area (Å²) in [5.41, 5.74) is 1.16. The zero-order valence-electron chi connectivity index (χ0n) is 8.91. The highest BCUT2D eigenvalue weighted by atomic mass is 32.1. The summed E-state index contributed by atoms with van der Waals surface area (Å²) in [7, 11) is 0. The van der Waals surface area contributed by atoms with Gasteiger partial charge in [0.05, 0.1) is 10.7 Å². The number of thiophene rings is 1. The van der Waals surface area contributed by atoms with Gasteiger partial charge in [0, 0.05) is 22.8 Å². The molecule has 2 rings (SSSR count). The van der Waals surface area contributed by atoms with Crippen LogP contribution in [0.1, 0.15) is 20.5 Å². The molecule has 0 aliphatic carbocycles. The van der Waals surface area contributed by atoms with Crippen LogP contribution in [0.2, 0.25) is 0 Å². The van der Waals surface area contributed by atoms with Crippen molar-refractivity contribution in [3.05, 3.63) is 38.0 Å². The van der Waals surface area contributed by atoms with E-state index in [0.29, 0.717) is 0 Å². The fourth-order valence-corrected chi connectivity index (χ4v) is 3.03. The van der Waals surface area contributed by atoms with Crippen molar-refractivity contribution in [2.45, 2.75) is 26.9 Å². The van der Waals surface area contributed by atoms with E-state index in [2.05, 4.69) is 41.7 Å². The molecule has 0 aromatic carbocycles. The van der Waals surface area contributed by atoms with Crippen LogP contribution in [0.3, 0.4) is 0 Å². The Morgan fingerprint density at radius 2 is 2.20 bits per heavy atom. The van der Waals surface area contributed by atoms with E-state index in [1.54, 1.807) is 22.7 Å². The van der Waals surface area contributed by atoms with E-state index in [4.69, 9.17) is 0 Å². The molecule has 15 heavy (non-hydrogen) atoms. The highest BCUT2D eigenvalue weighted by Crippen LogP contribution is 2.17. The summed E-state index contributed by atoms with van der Waals surface area (Å²) in [6.07, 6.45) is 0. The minimum Gasteiger partial charge on any atom is -0.307 e. The smallest absolute Gasteiger partial charge is 0.0900 e. The highest BCUT2D eigenvalue weighted by Gasteiger charge is 2.03. The molecule has 0 bridgehead atoms. The van der Waals surface area contributed by atoms with Crippen molar-refractivity contribution in [2.24, 2.45) is 0 Å². The number of aromatic nitrogens is 1. The molecule has 2 heterocycles. The molecule has 2 nitrogen and oxygen atoms in total. The van der Waals surface area contributed by atoms with E-state index >= 15 is 0 Å². The second kappa shape index (κ2) is 4.88. The fourth-order valence-electron chi connectivity index (χ4n) is 1.45. The molecule has 0 saturated carbocycles. The van der Waals surface area contributed by atoms with Crippen molar-refractivity contribution in [2.75, 3.05) is 0 Å². The summed E-state index contributed by atoms with van der Waals surface area (Å²) in [4.78, 5) is 7.14. The van der Waals surface area contributed by atoms with Gasteiger partial charge in [0.15, 0.2) is 0 Å². The largest absolute Gasteiger partial charge is 0.307 e. The first-order valence-corrected chi connectivity index (χ1v) is 6.61. The van der Waals surface area contributed by atoms with Crippen molar-refractivity contribution in [3.8, 4) is 0 Å². The van der Waals surface area contributed by atoms with Gasteiger partial charge in [-0.25, -0.2) is 4.98 Å². The summed E-state index contributed by atoms with van der Waals surface area (Å²) in [6, 6.07) is 4.24. The molecule has 2 aromatic rings. The predicted octanol–water partition coefficient (Wildman–Crippen LogP) is 3.11. The van der Waals surface area contributed by atoms with Gasteiger partial charge in [0.2, 0.25) is 0 Å². The second-order valence-corrected chi connectivity index (χ2v) is 5.74.